The first-order chi connectivity index (χ1) is 9.75. The molecule has 3 amide bonds. The summed E-state index contributed by atoms with van der Waals surface area (Å²) in [6.45, 7) is 6.65. The fraction of sp³-hybridized carbons (Fsp3) is 0.786. The molecule has 118 valence electrons. The van der Waals surface area contributed by atoms with Gasteiger partial charge in [0.05, 0.1) is 0 Å². The van der Waals surface area contributed by atoms with Gasteiger partial charge in [0.25, 0.3) is 0 Å². The third-order valence-electron chi connectivity index (χ3n) is 4.50. The van der Waals surface area contributed by atoms with Crippen LogP contribution >= 0.6 is 0 Å². The molecule has 7 nitrogen and oxygen atoms in total. The Hall–Kier alpha value is -1.79. The number of carbonyl (C=O) groups excluding carboxylic acids is 2. The SMILES string of the molecule is CC1C(=O)NCCN1C(=O)N1CCCC(C)(C)C1C(=O)O. The Morgan fingerprint density at radius 1 is 1.29 bits per heavy atom. The van der Waals surface area contributed by atoms with Gasteiger partial charge >= 0.3 is 12.0 Å². The maximum Gasteiger partial charge on any atom is 0.327 e. The molecule has 2 N–H and O–H groups in total. The lowest BCUT2D eigenvalue weighted by molar-refractivity contribution is -0.149. The molecular formula is C14H23N3O4. The van der Waals surface area contributed by atoms with Gasteiger partial charge in [0, 0.05) is 19.6 Å². The molecule has 0 aromatic carbocycles. The lowest BCUT2D eigenvalue weighted by atomic mass is 9.76. The second-order valence-corrected chi connectivity index (χ2v) is 6.47. The van der Waals surface area contributed by atoms with Gasteiger partial charge in [-0.1, -0.05) is 13.8 Å². The summed E-state index contributed by atoms with van der Waals surface area (Å²) in [5.74, 6) is -1.18. The normalized spacial score (nSPS) is 29.0. The fourth-order valence-electron chi connectivity index (χ4n) is 3.28. The number of urea groups is 1. The Morgan fingerprint density at radius 2 is 1.95 bits per heavy atom. The lowest BCUT2D eigenvalue weighted by Gasteiger charge is -2.46. The molecule has 2 fully saturated rings. The van der Waals surface area contributed by atoms with Crippen LogP contribution in [-0.2, 0) is 9.59 Å². The number of carbonyl (C=O) groups is 3. The first-order valence-electron chi connectivity index (χ1n) is 7.33. The zero-order valence-corrected chi connectivity index (χ0v) is 12.8. The summed E-state index contributed by atoms with van der Waals surface area (Å²) >= 11 is 0. The summed E-state index contributed by atoms with van der Waals surface area (Å²) in [5.41, 5.74) is -0.471. The number of hydrogen-bond acceptors (Lipinski definition) is 3. The number of amides is 3. The van der Waals surface area contributed by atoms with Crippen LogP contribution in [0.25, 0.3) is 0 Å². The summed E-state index contributed by atoms with van der Waals surface area (Å²) < 4.78 is 0. The van der Waals surface area contributed by atoms with Crippen molar-refractivity contribution in [1.82, 2.24) is 15.1 Å². The highest BCUT2D eigenvalue weighted by Crippen LogP contribution is 2.36. The number of piperazine rings is 1. The number of nitrogens with one attached hydrogen (secondary N) is 1. The summed E-state index contributed by atoms with van der Waals surface area (Å²) in [6.07, 6.45) is 1.54. The third-order valence-corrected chi connectivity index (χ3v) is 4.50. The van der Waals surface area contributed by atoms with E-state index >= 15 is 0 Å². The molecule has 7 heteroatoms. The molecule has 2 saturated heterocycles. The van der Waals surface area contributed by atoms with Gasteiger partial charge in [-0.05, 0) is 25.2 Å². The minimum absolute atomic E-state index is 0.197. The highest BCUT2D eigenvalue weighted by Gasteiger charge is 2.46. The van der Waals surface area contributed by atoms with Gasteiger partial charge in [0.15, 0.2) is 0 Å². The summed E-state index contributed by atoms with van der Waals surface area (Å²) in [7, 11) is 0. The van der Waals surface area contributed by atoms with Crippen LogP contribution in [0.4, 0.5) is 4.79 Å². The summed E-state index contributed by atoms with van der Waals surface area (Å²) in [4.78, 5) is 38.9. The van der Waals surface area contributed by atoms with Crippen LogP contribution in [0.3, 0.4) is 0 Å². The monoisotopic (exact) mass is 297 g/mol. The highest BCUT2D eigenvalue weighted by molar-refractivity contribution is 5.90. The topological polar surface area (TPSA) is 90.0 Å². The first-order valence-corrected chi connectivity index (χ1v) is 7.33. The predicted octanol–water partition coefficient (Wildman–Crippen LogP) is 0.502. The van der Waals surface area contributed by atoms with Gasteiger partial charge < -0.3 is 20.2 Å². The van der Waals surface area contributed by atoms with E-state index in [1.807, 2.05) is 13.8 Å². The van der Waals surface area contributed by atoms with Gasteiger partial charge in [0.1, 0.15) is 12.1 Å². The number of carboxylic acids is 1. The van der Waals surface area contributed by atoms with Gasteiger partial charge in [-0.2, -0.15) is 0 Å². The van der Waals surface area contributed by atoms with Crippen LogP contribution in [0, 0.1) is 5.41 Å². The molecule has 0 radical (unpaired) electrons. The van der Waals surface area contributed by atoms with Crippen molar-refractivity contribution < 1.29 is 19.5 Å². The molecule has 2 rings (SSSR count). The molecule has 0 aromatic rings. The van der Waals surface area contributed by atoms with Crippen molar-refractivity contribution in [2.24, 2.45) is 5.41 Å². The van der Waals surface area contributed by atoms with E-state index in [2.05, 4.69) is 5.32 Å². The van der Waals surface area contributed by atoms with Crippen molar-refractivity contribution in [3.05, 3.63) is 0 Å². The number of piperidine rings is 1. The van der Waals surface area contributed by atoms with E-state index < -0.39 is 23.5 Å². The molecule has 0 spiro atoms. The van der Waals surface area contributed by atoms with Gasteiger partial charge in [0.2, 0.25) is 5.91 Å². The Morgan fingerprint density at radius 3 is 2.57 bits per heavy atom. The van der Waals surface area contributed by atoms with E-state index in [1.165, 1.54) is 9.80 Å². The molecule has 2 atom stereocenters. The highest BCUT2D eigenvalue weighted by atomic mass is 16.4. The molecule has 2 heterocycles. The molecular weight excluding hydrogens is 274 g/mol. The molecule has 2 aliphatic rings. The molecule has 2 unspecified atom stereocenters. The zero-order valence-electron chi connectivity index (χ0n) is 12.8. The van der Waals surface area contributed by atoms with Gasteiger partial charge in [-0.25, -0.2) is 9.59 Å². The number of carboxylic acid groups (broad SMARTS) is 1. The first kappa shape index (κ1) is 15.6. The number of rotatable bonds is 1. The molecule has 21 heavy (non-hydrogen) atoms. The quantitative estimate of drug-likeness (QED) is 0.737. The molecule has 0 aliphatic carbocycles. The molecule has 2 aliphatic heterocycles. The van der Waals surface area contributed by atoms with Crippen LogP contribution in [0.15, 0.2) is 0 Å². The average Bonchev–Trinajstić information content (AvgIpc) is 2.39. The van der Waals surface area contributed by atoms with Crippen LogP contribution in [0.1, 0.15) is 33.6 Å². The van der Waals surface area contributed by atoms with Crippen molar-refractivity contribution in [2.45, 2.75) is 45.7 Å². The van der Waals surface area contributed by atoms with Crippen molar-refractivity contribution in [2.75, 3.05) is 19.6 Å². The Bertz CT molecular complexity index is 463. The second-order valence-electron chi connectivity index (χ2n) is 6.47. The second kappa shape index (κ2) is 5.54. The van der Waals surface area contributed by atoms with E-state index in [1.54, 1.807) is 6.92 Å². The minimum atomic E-state index is -0.984. The number of likely N-dealkylation sites (tertiary alicyclic amines) is 1. The number of aliphatic carboxylic acids is 1. The number of nitrogens with zero attached hydrogens (tertiary/aromatic N) is 2. The standard InChI is InChI=1S/C14H23N3O4/c1-9-11(18)15-6-8-16(9)13(21)17-7-4-5-14(2,3)10(17)12(19)20/h9-10H,4-8H2,1-3H3,(H,15,18)(H,19,20). The minimum Gasteiger partial charge on any atom is -0.480 e. The van der Waals surface area contributed by atoms with Gasteiger partial charge in [-0.3, -0.25) is 4.79 Å². The van der Waals surface area contributed by atoms with Crippen LogP contribution in [0.2, 0.25) is 0 Å². The Kier molecular flexibility index (Phi) is 4.11. The van der Waals surface area contributed by atoms with E-state index in [0.717, 1.165) is 12.8 Å². The lowest BCUT2D eigenvalue weighted by Crippen LogP contribution is -2.64. The van der Waals surface area contributed by atoms with Gasteiger partial charge in [-0.15, -0.1) is 0 Å². The Labute approximate surface area is 124 Å². The van der Waals surface area contributed by atoms with E-state index in [-0.39, 0.29) is 11.9 Å². The van der Waals surface area contributed by atoms with Crippen LogP contribution in [-0.4, -0.2) is 64.5 Å². The van der Waals surface area contributed by atoms with Crippen LogP contribution in [0.5, 0.6) is 0 Å². The predicted molar refractivity (Wildman–Crippen MR) is 75.7 cm³/mol. The van der Waals surface area contributed by atoms with Crippen molar-refractivity contribution in [3.8, 4) is 0 Å². The third kappa shape index (κ3) is 2.82. The maximum absolute atomic E-state index is 12.7. The van der Waals surface area contributed by atoms with E-state index in [9.17, 15) is 19.5 Å². The largest absolute Gasteiger partial charge is 0.480 e. The van der Waals surface area contributed by atoms with E-state index in [0.29, 0.717) is 19.6 Å². The van der Waals surface area contributed by atoms with Crippen molar-refractivity contribution in [1.29, 1.82) is 0 Å². The fourth-order valence-corrected chi connectivity index (χ4v) is 3.28. The number of hydrogen-bond donors (Lipinski definition) is 2. The van der Waals surface area contributed by atoms with Crippen LogP contribution < -0.4 is 5.32 Å². The summed E-state index contributed by atoms with van der Waals surface area (Å²) in [6, 6.07) is -1.76. The Balaban J connectivity index is 2.24. The van der Waals surface area contributed by atoms with Crippen molar-refractivity contribution in [3.63, 3.8) is 0 Å². The summed E-state index contributed by atoms with van der Waals surface area (Å²) in [5, 5.41) is 12.2. The molecule has 0 saturated carbocycles. The van der Waals surface area contributed by atoms with Crippen molar-refractivity contribution >= 4 is 17.9 Å². The smallest absolute Gasteiger partial charge is 0.327 e. The van der Waals surface area contributed by atoms with E-state index in [4.69, 9.17) is 0 Å². The average molecular weight is 297 g/mol. The molecule has 0 bridgehead atoms. The molecule has 0 aromatic heterocycles. The maximum atomic E-state index is 12.7. The zero-order chi connectivity index (χ0) is 15.8.